The minimum absolute atomic E-state index is 0.0200. The predicted molar refractivity (Wildman–Crippen MR) is 144 cm³/mol. The molecule has 4 N–H and O–H groups in total. The first kappa shape index (κ1) is 30.6. The van der Waals surface area contributed by atoms with Gasteiger partial charge in [0.25, 0.3) is 5.91 Å². The number of nitrogens with two attached hydrogens (primary N) is 1. The lowest BCUT2D eigenvalue weighted by atomic mass is 10.00. The summed E-state index contributed by atoms with van der Waals surface area (Å²) in [6, 6.07) is 7.42. The van der Waals surface area contributed by atoms with E-state index in [0.29, 0.717) is 31.7 Å². The highest BCUT2D eigenvalue weighted by Crippen LogP contribution is 2.27. The van der Waals surface area contributed by atoms with Crippen LogP contribution in [0.3, 0.4) is 0 Å². The highest BCUT2D eigenvalue weighted by molar-refractivity contribution is 6.11. The number of halogens is 2. The maximum atomic E-state index is 14.8. The van der Waals surface area contributed by atoms with Gasteiger partial charge in [0.15, 0.2) is 17.4 Å². The lowest BCUT2D eigenvalue weighted by Crippen LogP contribution is -2.46. The van der Waals surface area contributed by atoms with E-state index in [9.17, 15) is 18.4 Å². The van der Waals surface area contributed by atoms with Crippen LogP contribution >= 0.6 is 0 Å². The topological polar surface area (TPSA) is 112 Å². The van der Waals surface area contributed by atoms with Crippen molar-refractivity contribution in [3.05, 3.63) is 64.7 Å². The Hall–Kier alpha value is -2.92. The molecular weight excluding hydrogens is 508 g/mol. The zero-order valence-corrected chi connectivity index (χ0v) is 23.2. The number of hydrogen-bond acceptors (Lipinski definition) is 7. The van der Waals surface area contributed by atoms with Crippen molar-refractivity contribution in [2.24, 2.45) is 5.73 Å². The molecule has 1 amide bonds. The lowest BCUT2D eigenvalue weighted by Gasteiger charge is -2.28. The average molecular weight is 548 g/mol. The Morgan fingerprint density at radius 3 is 2.23 bits per heavy atom. The van der Waals surface area contributed by atoms with Crippen LogP contribution in [0, 0.1) is 11.6 Å². The van der Waals surface area contributed by atoms with E-state index in [1.807, 2.05) is 34.6 Å². The van der Waals surface area contributed by atoms with Crippen molar-refractivity contribution in [2.75, 3.05) is 32.9 Å². The number of ketones is 1. The van der Waals surface area contributed by atoms with Crippen LogP contribution in [0.25, 0.3) is 0 Å². The zero-order valence-electron chi connectivity index (χ0n) is 23.2. The molecule has 2 atom stereocenters. The zero-order chi connectivity index (χ0) is 28.8. The molecule has 1 aliphatic heterocycles. The maximum absolute atomic E-state index is 14.8. The molecule has 39 heavy (non-hydrogen) atoms. The minimum atomic E-state index is -1.30. The standard InChI is InChI=1S/C29H39F2N3O5/c1-28(2,3)38-13-12-29(4,5)39-15-14-37-23-11-10-20(30)25(31)24(23)26(35)18-6-8-19(9-7-18)27(36)34-22-17-33-16-21(22)32/h6-11,21-22,33H,12-17,32H2,1-5H3,(H,34,36)/t21-,22-/m1/s1. The van der Waals surface area contributed by atoms with Crippen LogP contribution < -0.4 is 21.1 Å². The number of nitrogens with one attached hydrogen (secondary N) is 2. The summed E-state index contributed by atoms with van der Waals surface area (Å²) in [5.74, 6) is -3.67. The molecule has 0 saturated carbocycles. The number of carbonyl (C=O) groups is 2. The van der Waals surface area contributed by atoms with Gasteiger partial charge in [-0.05, 0) is 65.3 Å². The lowest BCUT2D eigenvalue weighted by molar-refractivity contribution is -0.0717. The summed E-state index contributed by atoms with van der Waals surface area (Å²) < 4.78 is 46.2. The van der Waals surface area contributed by atoms with Crippen molar-refractivity contribution in [3.8, 4) is 5.75 Å². The second kappa shape index (κ2) is 13.0. The van der Waals surface area contributed by atoms with Gasteiger partial charge in [0.05, 0.1) is 23.9 Å². The van der Waals surface area contributed by atoms with Gasteiger partial charge in [0, 0.05) is 36.9 Å². The largest absolute Gasteiger partial charge is 0.490 e. The summed E-state index contributed by atoms with van der Waals surface area (Å²) in [5, 5.41) is 5.95. The summed E-state index contributed by atoms with van der Waals surface area (Å²) in [4.78, 5) is 25.7. The Labute approximate surface area is 228 Å². The highest BCUT2D eigenvalue weighted by Gasteiger charge is 2.27. The van der Waals surface area contributed by atoms with Gasteiger partial charge >= 0.3 is 0 Å². The molecule has 0 bridgehead atoms. The van der Waals surface area contributed by atoms with E-state index < -0.39 is 28.6 Å². The monoisotopic (exact) mass is 547 g/mol. The van der Waals surface area contributed by atoms with Gasteiger partial charge in [-0.2, -0.15) is 0 Å². The Morgan fingerprint density at radius 2 is 1.62 bits per heavy atom. The quantitative estimate of drug-likeness (QED) is 0.275. The number of ether oxygens (including phenoxy) is 3. The molecule has 10 heteroatoms. The van der Waals surface area contributed by atoms with Crippen LogP contribution in [0.4, 0.5) is 8.78 Å². The first-order chi connectivity index (χ1) is 18.3. The van der Waals surface area contributed by atoms with Crippen molar-refractivity contribution in [2.45, 2.75) is 64.3 Å². The predicted octanol–water partition coefficient (Wildman–Crippen LogP) is 3.60. The normalized spacial score (nSPS) is 17.7. The van der Waals surface area contributed by atoms with Crippen LogP contribution in [0.1, 0.15) is 67.3 Å². The number of carbonyl (C=O) groups excluding carboxylic acids is 2. The molecule has 1 saturated heterocycles. The number of benzene rings is 2. The van der Waals surface area contributed by atoms with Gasteiger partial charge in [0.1, 0.15) is 17.9 Å². The van der Waals surface area contributed by atoms with Crippen molar-refractivity contribution < 1.29 is 32.6 Å². The third kappa shape index (κ3) is 8.79. The molecule has 0 radical (unpaired) electrons. The number of rotatable bonds is 12. The molecule has 8 nitrogen and oxygen atoms in total. The number of amides is 1. The summed E-state index contributed by atoms with van der Waals surface area (Å²) in [6.45, 7) is 11.7. The molecule has 1 aliphatic rings. The van der Waals surface area contributed by atoms with E-state index in [-0.39, 0.29) is 48.1 Å². The first-order valence-electron chi connectivity index (χ1n) is 13.1. The molecular formula is C29H39F2N3O5. The van der Waals surface area contributed by atoms with Gasteiger partial charge in [-0.1, -0.05) is 12.1 Å². The summed E-state index contributed by atoms with van der Waals surface area (Å²) >= 11 is 0. The molecule has 2 aromatic carbocycles. The van der Waals surface area contributed by atoms with Gasteiger partial charge in [0.2, 0.25) is 0 Å². The van der Waals surface area contributed by atoms with Crippen LogP contribution in [0.2, 0.25) is 0 Å². The minimum Gasteiger partial charge on any atom is -0.490 e. The third-order valence-electron chi connectivity index (χ3n) is 6.34. The molecule has 0 aromatic heterocycles. The van der Waals surface area contributed by atoms with Crippen LogP contribution in [-0.4, -0.2) is 67.9 Å². The van der Waals surface area contributed by atoms with E-state index >= 15 is 0 Å². The maximum Gasteiger partial charge on any atom is 0.251 e. The van der Waals surface area contributed by atoms with Crippen molar-refractivity contribution >= 4 is 11.7 Å². The summed E-state index contributed by atoms with van der Waals surface area (Å²) in [7, 11) is 0. The average Bonchev–Trinajstić information content (AvgIpc) is 3.26. The van der Waals surface area contributed by atoms with Gasteiger partial charge in [-0.3, -0.25) is 9.59 Å². The molecule has 1 heterocycles. The van der Waals surface area contributed by atoms with Gasteiger partial charge in [-0.25, -0.2) is 8.78 Å². The summed E-state index contributed by atoms with van der Waals surface area (Å²) in [5.41, 5.74) is 5.09. The van der Waals surface area contributed by atoms with Crippen LogP contribution in [0.15, 0.2) is 36.4 Å². The van der Waals surface area contributed by atoms with Crippen molar-refractivity contribution in [1.29, 1.82) is 0 Å². The molecule has 1 fully saturated rings. The molecule has 0 spiro atoms. The van der Waals surface area contributed by atoms with E-state index in [2.05, 4.69) is 10.6 Å². The Bertz CT molecular complexity index is 1150. The van der Waals surface area contributed by atoms with Crippen LogP contribution in [-0.2, 0) is 9.47 Å². The summed E-state index contributed by atoms with van der Waals surface area (Å²) in [6.07, 6.45) is 0.650. The molecule has 0 aliphatic carbocycles. The Morgan fingerprint density at radius 1 is 0.949 bits per heavy atom. The second-order valence-electron chi connectivity index (χ2n) is 11.2. The van der Waals surface area contributed by atoms with Crippen LogP contribution in [0.5, 0.6) is 5.75 Å². The van der Waals surface area contributed by atoms with Gasteiger partial charge < -0.3 is 30.6 Å². The fourth-order valence-electron chi connectivity index (χ4n) is 4.04. The molecule has 214 valence electrons. The SMILES string of the molecule is CC(C)(C)OCCC(C)(C)OCCOc1ccc(F)c(F)c1C(=O)c1ccc(C(=O)N[C@@H]2CNC[C@H]2N)cc1. The van der Waals surface area contributed by atoms with E-state index in [1.165, 1.54) is 30.3 Å². The fraction of sp³-hybridized carbons (Fsp3) is 0.517. The first-order valence-corrected chi connectivity index (χ1v) is 13.1. The van der Waals surface area contributed by atoms with Crippen molar-refractivity contribution in [3.63, 3.8) is 0 Å². The third-order valence-corrected chi connectivity index (χ3v) is 6.34. The fourth-order valence-corrected chi connectivity index (χ4v) is 4.04. The van der Waals surface area contributed by atoms with Gasteiger partial charge in [-0.15, -0.1) is 0 Å². The molecule has 0 unspecified atom stereocenters. The van der Waals surface area contributed by atoms with E-state index in [1.54, 1.807) is 0 Å². The molecule has 2 aromatic rings. The Balaban J connectivity index is 1.63. The molecule has 3 rings (SSSR count). The highest BCUT2D eigenvalue weighted by atomic mass is 19.2. The Kier molecular flexibility index (Phi) is 10.2. The van der Waals surface area contributed by atoms with E-state index in [4.69, 9.17) is 19.9 Å². The smallest absolute Gasteiger partial charge is 0.251 e. The van der Waals surface area contributed by atoms with Crippen molar-refractivity contribution in [1.82, 2.24) is 10.6 Å². The second-order valence-corrected chi connectivity index (χ2v) is 11.2. The number of hydrogen-bond donors (Lipinski definition) is 3. The van der Waals surface area contributed by atoms with E-state index in [0.717, 1.165) is 6.07 Å².